The number of benzene rings is 2. The predicted octanol–water partition coefficient (Wildman–Crippen LogP) is 4.74. The van der Waals surface area contributed by atoms with Gasteiger partial charge in [-0.05, 0) is 30.2 Å². The van der Waals surface area contributed by atoms with Crippen molar-refractivity contribution < 1.29 is 33.2 Å². The molecule has 2 aromatic rings. The fourth-order valence-electron chi connectivity index (χ4n) is 4.37. The van der Waals surface area contributed by atoms with E-state index in [1.807, 2.05) is 31.2 Å². The summed E-state index contributed by atoms with van der Waals surface area (Å²) in [6.45, 7) is 7.01. The molecule has 7 heteroatoms. The van der Waals surface area contributed by atoms with E-state index >= 15 is 0 Å². The molecule has 0 aromatic heterocycles. The average molecular weight is 430 g/mol. The summed E-state index contributed by atoms with van der Waals surface area (Å²) in [6.07, 6.45) is 0.897. The highest BCUT2D eigenvalue weighted by atomic mass is 16.7. The Kier molecular flexibility index (Phi) is 5.79. The summed E-state index contributed by atoms with van der Waals surface area (Å²) in [5.41, 5.74) is 2.01. The topological polar surface area (TPSA) is 64.6 Å². The molecule has 0 saturated heterocycles. The smallest absolute Gasteiger partial charge is 0.231 e. The lowest BCUT2D eigenvalue weighted by Crippen LogP contribution is -2.48. The summed E-state index contributed by atoms with van der Waals surface area (Å²) in [4.78, 5) is 0. The van der Waals surface area contributed by atoms with E-state index in [0.29, 0.717) is 35.4 Å². The molecule has 0 amide bonds. The van der Waals surface area contributed by atoms with Crippen LogP contribution in [0.25, 0.3) is 0 Å². The molecular formula is C24H30O7. The quantitative estimate of drug-likeness (QED) is 0.628. The van der Waals surface area contributed by atoms with Crippen molar-refractivity contribution >= 4 is 0 Å². The largest absolute Gasteiger partial charge is 0.493 e. The third kappa shape index (κ3) is 3.61. The molecule has 2 aromatic carbocycles. The van der Waals surface area contributed by atoms with Crippen molar-refractivity contribution in [3.8, 4) is 34.5 Å². The zero-order valence-corrected chi connectivity index (χ0v) is 18.9. The van der Waals surface area contributed by atoms with Gasteiger partial charge < -0.3 is 33.2 Å². The molecule has 0 N–H and O–H groups in total. The maximum absolute atomic E-state index is 6.42. The van der Waals surface area contributed by atoms with Crippen LogP contribution >= 0.6 is 0 Å². The molecule has 4 rings (SSSR count). The van der Waals surface area contributed by atoms with Crippen LogP contribution in [-0.2, 0) is 4.74 Å². The van der Waals surface area contributed by atoms with Crippen LogP contribution in [-0.4, -0.2) is 40.5 Å². The molecular weight excluding hydrogens is 400 g/mol. The van der Waals surface area contributed by atoms with Gasteiger partial charge in [0.1, 0.15) is 5.75 Å². The predicted molar refractivity (Wildman–Crippen MR) is 115 cm³/mol. The molecule has 7 nitrogen and oxygen atoms in total. The van der Waals surface area contributed by atoms with Crippen molar-refractivity contribution in [2.24, 2.45) is 5.92 Å². The second-order valence-corrected chi connectivity index (χ2v) is 7.93. The Morgan fingerprint density at radius 1 is 0.935 bits per heavy atom. The van der Waals surface area contributed by atoms with E-state index in [0.717, 1.165) is 23.3 Å². The minimum Gasteiger partial charge on any atom is -0.493 e. The number of hydrogen-bond acceptors (Lipinski definition) is 7. The van der Waals surface area contributed by atoms with Gasteiger partial charge in [0, 0.05) is 30.4 Å². The van der Waals surface area contributed by atoms with E-state index in [-0.39, 0.29) is 18.6 Å². The molecule has 0 fully saturated rings. The van der Waals surface area contributed by atoms with Crippen LogP contribution in [0, 0.1) is 5.92 Å². The van der Waals surface area contributed by atoms with Crippen molar-refractivity contribution in [1.82, 2.24) is 0 Å². The molecule has 2 heterocycles. The Bertz CT molecular complexity index is 932. The SMILES string of the molecule is CCCO[C@]1(C)Oc2cc3c(cc2[C@@H](c2cc(OC)c(OC)c(OC)c2)[C@@H]1C)OCO3. The first kappa shape index (κ1) is 21.4. The Balaban J connectivity index is 1.89. The zero-order valence-electron chi connectivity index (χ0n) is 18.9. The summed E-state index contributed by atoms with van der Waals surface area (Å²) >= 11 is 0. The number of rotatable bonds is 7. The van der Waals surface area contributed by atoms with Crippen molar-refractivity contribution in [1.29, 1.82) is 0 Å². The van der Waals surface area contributed by atoms with Crippen molar-refractivity contribution in [2.75, 3.05) is 34.7 Å². The van der Waals surface area contributed by atoms with Gasteiger partial charge in [0.2, 0.25) is 18.3 Å². The molecule has 0 aliphatic carbocycles. The van der Waals surface area contributed by atoms with Crippen molar-refractivity contribution in [3.05, 3.63) is 35.4 Å². The van der Waals surface area contributed by atoms with E-state index in [9.17, 15) is 0 Å². The molecule has 31 heavy (non-hydrogen) atoms. The van der Waals surface area contributed by atoms with E-state index in [2.05, 4.69) is 13.8 Å². The lowest BCUT2D eigenvalue weighted by molar-refractivity contribution is -0.211. The van der Waals surface area contributed by atoms with Gasteiger partial charge in [-0.3, -0.25) is 0 Å². The van der Waals surface area contributed by atoms with Gasteiger partial charge in [-0.2, -0.15) is 0 Å². The minimum absolute atomic E-state index is 0.0188. The number of hydrogen-bond donors (Lipinski definition) is 0. The summed E-state index contributed by atoms with van der Waals surface area (Å²) in [6, 6.07) is 7.87. The van der Waals surface area contributed by atoms with E-state index < -0.39 is 5.79 Å². The fourth-order valence-corrected chi connectivity index (χ4v) is 4.37. The summed E-state index contributed by atoms with van der Waals surface area (Å²) < 4.78 is 40.6. The van der Waals surface area contributed by atoms with Gasteiger partial charge in [0.25, 0.3) is 0 Å². The second-order valence-electron chi connectivity index (χ2n) is 7.93. The third-order valence-corrected chi connectivity index (χ3v) is 6.12. The molecule has 3 atom stereocenters. The summed E-state index contributed by atoms with van der Waals surface area (Å²) in [5.74, 6) is 2.98. The minimum atomic E-state index is -0.818. The van der Waals surface area contributed by atoms with Gasteiger partial charge in [-0.1, -0.05) is 13.8 Å². The van der Waals surface area contributed by atoms with Crippen LogP contribution in [0.4, 0.5) is 0 Å². The highest BCUT2D eigenvalue weighted by Gasteiger charge is 2.47. The molecule has 0 bridgehead atoms. The lowest BCUT2D eigenvalue weighted by atomic mass is 9.75. The second kappa shape index (κ2) is 8.38. The molecule has 0 unspecified atom stereocenters. The molecule has 0 spiro atoms. The zero-order chi connectivity index (χ0) is 22.2. The van der Waals surface area contributed by atoms with Crippen LogP contribution < -0.4 is 28.4 Å². The summed E-state index contributed by atoms with van der Waals surface area (Å²) in [5, 5.41) is 0. The lowest BCUT2D eigenvalue weighted by Gasteiger charge is -2.45. The summed E-state index contributed by atoms with van der Waals surface area (Å²) in [7, 11) is 4.84. The first-order valence-electron chi connectivity index (χ1n) is 10.5. The van der Waals surface area contributed by atoms with Crippen LogP contribution in [0.2, 0.25) is 0 Å². The van der Waals surface area contributed by atoms with Crippen molar-refractivity contribution in [2.45, 2.75) is 38.9 Å². The van der Waals surface area contributed by atoms with Gasteiger partial charge in [-0.25, -0.2) is 0 Å². The maximum atomic E-state index is 6.42. The van der Waals surface area contributed by atoms with Crippen LogP contribution in [0.1, 0.15) is 44.2 Å². The van der Waals surface area contributed by atoms with Gasteiger partial charge in [0.05, 0.1) is 27.9 Å². The molecule has 2 aliphatic rings. The number of methoxy groups -OCH3 is 3. The van der Waals surface area contributed by atoms with Crippen LogP contribution in [0.15, 0.2) is 24.3 Å². The van der Waals surface area contributed by atoms with Gasteiger partial charge >= 0.3 is 0 Å². The first-order valence-corrected chi connectivity index (χ1v) is 10.5. The van der Waals surface area contributed by atoms with E-state index in [4.69, 9.17) is 33.2 Å². The Labute approximate surface area is 183 Å². The fraction of sp³-hybridized carbons (Fsp3) is 0.500. The highest BCUT2D eigenvalue weighted by Crippen LogP contribution is 2.54. The number of ether oxygens (including phenoxy) is 7. The Morgan fingerprint density at radius 3 is 2.16 bits per heavy atom. The highest BCUT2D eigenvalue weighted by molar-refractivity contribution is 5.60. The Hall–Kier alpha value is -2.80. The van der Waals surface area contributed by atoms with Gasteiger partial charge in [0.15, 0.2) is 23.0 Å². The average Bonchev–Trinajstić information content (AvgIpc) is 3.23. The monoisotopic (exact) mass is 430 g/mol. The third-order valence-electron chi connectivity index (χ3n) is 6.12. The molecule has 2 aliphatic heterocycles. The van der Waals surface area contributed by atoms with E-state index in [1.165, 1.54) is 0 Å². The van der Waals surface area contributed by atoms with Crippen molar-refractivity contribution in [3.63, 3.8) is 0 Å². The van der Waals surface area contributed by atoms with Crippen LogP contribution in [0.5, 0.6) is 34.5 Å². The normalized spacial score (nSPS) is 23.7. The maximum Gasteiger partial charge on any atom is 0.231 e. The number of fused-ring (bicyclic) bond motifs is 2. The van der Waals surface area contributed by atoms with E-state index in [1.54, 1.807) is 21.3 Å². The Morgan fingerprint density at radius 2 is 1.58 bits per heavy atom. The standard InChI is InChI=1S/C24H30O7/c1-7-8-30-24(3)14(2)22(15-9-20(25-4)23(27-6)21(10-15)26-5)16-11-18-19(29-13-28-18)12-17(16)31-24/h9-12,14,22H,7-8,13H2,1-6H3/t14-,22+,24+/m0/s1. The molecule has 0 saturated carbocycles. The molecule has 168 valence electrons. The first-order chi connectivity index (χ1) is 15.0. The van der Waals surface area contributed by atoms with Crippen LogP contribution in [0.3, 0.4) is 0 Å². The molecule has 0 radical (unpaired) electrons. The van der Waals surface area contributed by atoms with Gasteiger partial charge in [-0.15, -0.1) is 0 Å².